The summed E-state index contributed by atoms with van der Waals surface area (Å²) in [6.45, 7) is 2.93. The minimum absolute atomic E-state index is 0.0313. The number of hydrogen-bond acceptors (Lipinski definition) is 6. The Kier molecular flexibility index (Phi) is 4.41. The summed E-state index contributed by atoms with van der Waals surface area (Å²) in [5, 5.41) is 11.3. The summed E-state index contributed by atoms with van der Waals surface area (Å²) in [6, 6.07) is 5.14. The van der Waals surface area contributed by atoms with Crippen LogP contribution in [0, 0.1) is 16.0 Å². The van der Waals surface area contributed by atoms with Crippen LogP contribution >= 0.6 is 0 Å². The largest absolute Gasteiger partial charge is 0.369 e. The minimum Gasteiger partial charge on any atom is -0.369 e. The fourth-order valence-corrected chi connectivity index (χ4v) is 2.81. The van der Waals surface area contributed by atoms with Gasteiger partial charge in [-0.25, -0.2) is 0 Å². The van der Waals surface area contributed by atoms with Gasteiger partial charge in [-0.2, -0.15) is 0 Å². The molecule has 0 aliphatic carbocycles. The predicted molar refractivity (Wildman–Crippen MR) is 79.8 cm³/mol. The van der Waals surface area contributed by atoms with E-state index in [0.717, 1.165) is 26.1 Å². The highest BCUT2D eigenvalue weighted by Gasteiger charge is 2.25. The average molecular weight is 279 g/mol. The molecule has 0 saturated carbocycles. The van der Waals surface area contributed by atoms with E-state index in [1.165, 1.54) is 0 Å². The first kappa shape index (κ1) is 14.5. The third-order valence-corrected chi connectivity index (χ3v) is 3.79. The van der Waals surface area contributed by atoms with Gasteiger partial charge in [-0.05, 0) is 38.1 Å². The average Bonchev–Trinajstić information content (AvgIpc) is 2.82. The van der Waals surface area contributed by atoms with E-state index in [1.807, 2.05) is 11.9 Å². The van der Waals surface area contributed by atoms with E-state index in [0.29, 0.717) is 17.3 Å². The summed E-state index contributed by atoms with van der Waals surface area (Å²) < 4.78 is 0. The second-order valence-corrected chi connectivity index (χ2v) is 5.37. The lowest BCUT2D eigenvalue weighted by Crippen LogP contribution is -2.28. The van der Waals surface area contributed by atoms with Gasteiger partial charge in [-0.15, -0.1) is 0 Å². The van der Waals surface area contributed by atoms with Crippen LogP contribution in [0.2, 0.25) is 0 Å². The van der Waals surface area contributed by atoms with Crippen molar-refractivity contribution >= 4 is 17.1 Å². The normalized spacial score (nSPS) is 19.1. The first-order valence-corrected chi connectivity index (χ1v) is 6.66. The molecule has 0 aromatic heterocycles. The molecular weight excluding hydrogens is 258 g/mol. The van der Waals surface area contributed by atoms with Crippen molar-refractivity contribution in [2.45, 2.75) is 6.42 Å². The second kappa shape index (κ2) is 6.06. The molecule has 0 bridgehead atoms. The smallest absolute Gasteiger partial charge is 0.316 e. The predicted octanol–water partition coefficient (Wildman–Crippen LogP) is 1.27. The fourth-order valence-electron chi connectivity index (χ4n) is 2.81. The standard InChI is InChI=1S/C13H21N5O2/c1-16-7-6-10(8-16)9-17(2)12-5-3-4-11(15-14)13(12)18(19)20/h3-5,10,15H,6-9,14H2,1-2H3. The van der Waals surface area contributed by atoms with Crippen LogP contribution in [-0.4, -0.2) is 43.6 Å². The number of nitrogens with two attached hydrogens (primary N) is 1. The fraction of sp³-hybridized carbons (Fsp3) is 0.538. The maximum Gasteiger partial charge on any atom is 0.316 e. The number of hydrazine groups is 1. The number of nitrogens with zero attached hydrogens (tertiary/aromatic N) is 3. The van der Waals surface area contributed by atoms with Crippen molar-refractivity contribution < 1.29 is 4.92 Å². The monoisotopic (exact) mass is 279 g/mol. The Bertz CT molecular complexity index is 494. The maximum atomic E-state index is 11.3. The lowest BCUT2D eigenvalue weighted by molar-refractivity contribution is -0.383. The van der Waals surface area contributed by atoms with Gasteiger partial charge in [0.1, 0.15) is 11.4 Å². The van der Waals surface area contributed by atoms with Crippen molar-refractivity contribution in [3.63, 3.8) is 0 Å². The molecule has 7 nitrogen and oxygen atoms in total. The first-order valence-electron chi connectivity index (χ1n) is 6.66. The van der Waals surface area contributed by atoms with Crippen LogP contribution < -0.4 is 16.2 Å². The Morgan fingerprint density at radius 1 is 1.60 bits per heavy atom. The van der Waals surface area contributed by atoms with E-state index in [2.05, 4.69) is 17.4 Å². The zero-order valence-electron chi connectivity index (χ0n) is 11.9. The molecule has 1 aromatic rings. The van der Waals surface area contributed by atoms with E-state index < -0.39 is 0 Å². The van der Waals surface area contributed by atoms with Gasteiger partial charge in [0.2, 0.25) is 0 Å². The highest BCUT2D eigenvalue weighted by molar-refractivity contribution is 5.76. The number of nitrogens with one attached hydrogen (secondary N) is 1. The molecule has 1 aliphatic rings. The summed E-state index contributed by atoms with van der Waals surface area (Å²) in [5.41, 5.74) is 3.36. The number of benzene rings is 1. The number of anilines is 2. The van der Waals surface area contributed by atoms with E-state index in [-0.39, 0.29) is 10.6 Å². The molecule has 1 aromatic carbocycles. The number of hydrogen-bond donors (Lipinski definition) is 2. The third kappa shape index (κ3) is 3.00. The molecule has 1 saturated heterocycles. The Labute approximate surface area is 118 Å². The number of nitrogen functional groups attached to an aromatic ring is 1. The summed E-state index contributed by atoms with van der Waals surface area (Å²) in [7, 11) is 3.99. The summed E-state index contributed by atoms with van der Waals surface area (Å²) in [5.74, 6) is 5.90. The molecule has 0 amide bonds. The van der Waals surface area contributed by atoms with Crippen LogP contribution in [0.3, 0.4) is 0 Å². The molecule has 1 unspecified atom stereocenters. The van der Waals surface area contributed by atoms with Crippen LogP contribution in [0.1, 0.15) is 6.42 Å². The molecular formula is C13H21N5O2. The van der Waals surface area contributed by atoms with Crippen molar-refractivity contribution in [2.24, 2.45) is 11.8 Å². The van der Waals surface area contributed by atoms with Gasteiger partial charge in [-0.3, -0.25) is 16.0 Å². The van der Waals surface area contributed by atoms with E-state index in [1.54, 1.807) is 18.2 Å². The van der Waals surface area contributed by atoms with Gasteiger partial charge in [-0.1, -0.05) is 6.07 Å². The van der Waals surface area contributed by atoms with E-state index in [9.17, 15) is 10.1 Å². The Hall–Kier alpha value is -1.86. The van der Waals surface area contributed by atoms with E-state index >= 15 is 0 Å². The lowest BCUT2D eigenvalue weighted by atomic mass is 10.1. The molecule has 0 spiro atoms. The van der Waals surface area contributed by atoms with Crippen LogP contribution in [0.15, 0.2) is 18.2 Å². The Morgan fingerprint density at radius 3 is 2.90 bits per heavy atom. The third-order valence-electron chi connectivity index (χ3n) is 3.79. The number of para-hydroxylation sites is 1. The quantitative estimate of drug-likeness (QED) is 0.479. The molecule has 0 radical (unpaired) electrons. The number of rotatable bonds is 5. The van der Waals surface area contributed by atoms with Crippen LogP contribution in [-0.2, 0) is 0 Å². The first-order chi connectivity index (χ1) is 9.52. The lowest BCUT2D eigenvalue weighted by Gasteiger charge is -2.23. The molecule has 1 heterocycles. The van der Waals surface area contributed by atoms with Gasteiger partial charge in [0.25, 0.3) is 0 Å². The van der Waals surface area contributed by atoms with Crippen molar-refractivity contribution in [3.8, 4) is 0 Å². The molecule has 2 rings (SSSR count). The Morgan fingerprint density at radius 2 is 2.35 bits per heavy atom. The Balaban J connectivity index is 2.20. The summed E-state index contributed by atoms with van der Waals surface area (Å²) >= 11 is 0. The topological polar surface area (TPSA) is 87.7 Å². The van der Waals surface area contributed by atoms with Crippen molar-refractivity contribution in [1.82, 2.24) is 4.90 Å². The molecule has 1 aliphatic heterocycles. The minimum atomic E-state index is -0.387. The van der Waals surface area contributed by atoms with Crippen LogP contribution in [0.5, 0.6) is 0 Å². The van der Waals surface area contributed by atoms with Gasteiger partial charge < -0.3 is 15.2 Å². The summed E-state index contributed by atoms with van der Waals surface area (Å²) in [4.78, 5) is 15.1. The van der Waals surface area contributed by atoms with Gasteiger partial charge in [0.05, 0.1) is 4.92 Å². The second-order valence-electron chi connectivity index (χ2n) is 5.37. The molecule has 20 heavy (non-hydrogen) atoms. The number of nitro benzene ring substituents is 1. The molecule has 3 N–H and O–H groups in total. The van der Waals surface area contributed by atoms with Gasteiger partial charge in [0.15, 0.2) is 0 Å². The zero-order valence-corrected chi connectivity index (χ0v) is 11.9. The van der Waals surface area contributed by atoms with Crippen LogP contribution in [0.4, 0.5) is 17.1 Å². The number of nitro groups is 1. The van der Waals surface area contributed by atoms with Gasteiger partial charge in [0, 0.05) is 20.1 Å². The molecule has 110 valence electrons. The van der Waals surface area contributed by atoms with Crippen molar-refractivity contribution in [1.29, 1.82) is 0 Å². The van der Waals surface area contributed by atoms with Crippen molar-refractivity contribution in [3.05, 3.63) is 28.3 Å². The van der Waals surface area contributed by atoms with Crippen molar-refractivity contribution in [2.75, 3.05) is 44.1 Å². The van der Waals surface area contributed by atoms with Gasteiger partial charge >= 0.3 is 5.69 Å². The molecule has 1 atom stereocenters. The highest BCUT2D eigenvalue weighted by Crippen LogP contribution is 2.35. The van der Waals surface area contributed by atoms with Crippen LogP contribution in [0.25, 0.3) is 0 Å². The highest BCUT2D eigenvalue weighted by atomic mass is 16.6. The zero-order chi connectivity index (χ0) is 14.7. The molecule has 1 fully saturated rings. The summed E-state index contributed by atoms with van der Waals surface area (Å²) in [6.07, 6.45) is 1.13. The molecule has 7 heteroatoms. The van der Waals surface area contributed by atoms with E-state index in [4.69, 9.17) is 5.84 Å². The number of likely N-dealkylation sites (tertiary alicyclic amines) is 1. The SMILES string of the molecule is CN1CCC(CN(C)c2cccc(NN)c2[N+](=O)[O-])C1. The maximum absolute atomic E-state index is 11.3.